The van der Waals surface area contributed by atoms with E-state index in [0.29, 0.717) is 23.2 Å². The van der Waals surface area contributed by atoms with Gasteiger partial charge < -0.3 is 15.4 Å². The summed E-state index contributed by atoms with van der Waals surface area (Å²) in [5.41, 5.74) is 0.931. The number of anilines is 2. The molecule has 0 aliphatic heterocycles. The number of carbonyl (C=O) groups excluding carboxylic acids is 2. The topological polar surface area (TPSA) is 93.2 Å². The lowest BCUT2D eigenvalue weighted by Crippen LogP contribution is -2.20. The molecule has 1 heterocycles. The summed E-state index contributed by atoms with van der Waals surface area (Å²) >= 11 is 0. The lowest BCUT2D eigenvalue weighted by atomic mass is 10.1. The molecule has 26 heavy (non-hydrogen) atoms. The van der Waals surface area contributed by atoms with E-state index < -0.39 is 11.9 Å². The molecule has 1 aliphatic rings. The molecule has 0 saturated heterocycles. The van der Waals surface area contributed by atoms with Crippen LogP contribution in [0.3, 0.4) is 0 Å². The molecule has 2 N–H and O–H groups in total. The molecule has 7 nitrogen and oxygen atoms in total. The molecule has 7 heteroatoms. The van der Waals surface area contributed by atoms with Crippen molar-refractivity contribution in [3.63, 3.8) is 0 Å². The molecule has 1 aromatic carbocycles. The van der Waals surface area contributed by atoms with Crippen molar-refractivity contribution < 1.29 is 14.3 Å². The number of carbonyl (C=O) groups is 2. The Morgan fingerprint density at radius 3 is 2.73 bits per heavy atom. The van der Waals surface area contributed by atoms with Crippen molar-refractivity contribution >= 4 is 23.5 Å². The fourth-order valence-electron chi connectivity index (χ4n) is 2.97. The predicted molar refractivity (Wildman–Crippen MR) is 98.3 cm³/mol. The second kappa shape index (κ2) is 8.42. The average molecular weight is 354 g/mol. The molecule has 0 bridgehead atoms. The monoisotopic (exact) mass is 354 g/mol. The van der Waals surface area contributed by atoms with Crippen LogP contribution in [0, 0.1) is 0 Å². The van der Waals surface area contributed by atoms with Crippen molar-refractivity contribution in [2.24, 2.45) is 0 Å². The number of benzene rings is 1. The molecular formula is C19H22N4O3. The van der Waals surface area contributed by atoms with Gasteiger partial charge in [0, 0.05) is 12.2 Å². The Kier molecular flexibility index (Phi) is 5.78. The number of esters is 1. The number of aromatic nitrogens is 2. The summed E-state index contributed by atoms with van der Waals surface area (Å²) in [6, 6.07) is 8.63. The van der Waals surface area contributed by atoms with Crippen LogP contribution in [0.2, 0.25) is 0 Å². The van der Waals surface area contributed by atoms with Gasteiger partial charge in [0.05, 0.1) is 17.9 Å². The molecule has 1 aliphatic carbocycles. The van der Waals surface area contributed by atoms with Crippen LogP contribution in [0.4, 0.5) is 11.6 Å². The highest BCUT2D eigenvalue weighted by Gasteiger charge is 2.18. The van der Waals surface area contributed by atoms with Gasteiger partial charge in [-0.3, -0.25) is 4.79 Å². The van der Waals surface area contributed by atoms with Crippen molar-refractivity contribution in [2.75, 3.05) is 17.2 Å². The van der Waals surface area contributed by atoms with Gasteiger partial charge in [-0.1, -0.05) is 25.0 Å². The minimum Gasteiger partial charge on any atom is -0.462 e. The van der Waals surface area contributed by atoms with Crippen LogP contribution in [0.15, 0.2) is 36.5 Å². The number of rotatable bonds is 6. The number of hydrogen-bond donors (Lipinski definition) is 2. The Morgan fingerprint density at radius 2 is 1.96 bits per heavy atom. The molecule has 2 aromatic rings. The highest BCUT2D eigenvalue weighted by Crippen LogP contribution is 2.21. The molecular weight excluding hydrogens is 332 g/mol. The van der Waals surface area contributed by atoms with E-state index >= 15 is 0 Å². The lowest BCUT2D eigenvalue weighted by Gasteiger charge is -2.13. The third-order valence-electron chi connectivity index (χ3n) is 4.25. The molecule has 1 fully saturated rings. The molecule has 1 aromatic heterocycles. The summed E-state index contributed by atoms with van der Waals surface area (Å²) in [4.78, 5) is 33.1. The van der Waals surface area contributed by atoms with Gasteiger partial charge in [-0.2, -0.15) is 0 Å². The van der Waals surface area contributed by atoms with Crippen LogP contribution in [-0.2, 0) is 4.74 Å². The minimum atomic E-state index is -0.477. The molecule has 0 unspecified atom stereocenters. The van der Waals surface area contributed by atoms with Crippen LogP contribution < -0.4 is 10.6 Å². The van der Waals surface area contributed by atoms with E-state index in [9.17, 15) is 9.59 Å². The highest BCUT2D eigenvalue weighted by atomic mass is 16.5. The van der Waals surface area contributed by atoms with Crippen molar-refractivity contribution in [3.05, 3.63) is 47.8 Å². The highest BCUT2D eigenvalue weighted by molar-refractivity contribution is 6.07. The summed E-state index contributed by atoms with van der Waals surface area (Å²) < 4.78 is 5.02. The molecule has 3 rings (SSSR count). The smallest absolute Gasteiger partial charge is 0.340 e. The van der Waals surface area contributed by atoms with Gasteiger partial charge in [0.15, 0.2) is 0 Å². The number of nitrogens with zero attached hydrogens (tertiary/aromatic N) is 2. The fraction of sp³-hybridized carbons (Fsp3) is 0.368. The third-order valence-corrected chi connectivity index (χ3v) is 4.25. The molecule has 0 radical (unpaired) electrons. The first-order chi connectivity index (χ1) is 12.7. The first kappa shape index (κ1) is 17.8. The van der Waals surface area contributed by atoms with Gasteiger partial charge in [-0.05, 0) is 38.0 Å². The van der Waals surface area contributed by atoms with Crippen LogP contribution in [-0.4, -0.2) is 34.5 Å². The van der Waals surface area contributed by atoms with Gasteiger partial charge in [0.25, 0.3) is 5.91 Å². The Bertz CT molecular complexity index is 788. The van der Waals surface area contributed by atoms with Crippen molar-refractivity contribution in [3.8, 4) is 0 Å². The summed E-state index contributed by atoms with van der Waals surface area (Å²) in [5.74, 6) is -0.434. The largest absolute Gasteiger partial charge is 0.462 e. The average Bonchev–Trinajstić information content (AvgIpc) is 3.15. The Labute approximate surface area is 152 Å². The number of ether oxygens (including phenoxy) is 1. The van der Waals surface area contributed by atoms with E-state index in [4.69, 9.17) is 4.74 Å². The van der Waals surface area contributed by atoms with E-state index in [0.717, 1.165) is 12.8 Å². The fourth-order valence-corrected chi connectivity index (χ4v) is 2.97. The summed E-state index contributed by atoms with van der Waals surface area (Å²) in [5, 5.41) is 6.00. The Morgan fingerprint density at radius 1 is 1.19 bits per heavy atom. The van der Waals surface area contributed by atoms with Crippen LogP contribution >= 0.6 is 0 Å². The predicted octanol–water partition coefficient (Wildman–Crippen LogP) is 3.26. The number of amides is 1. The first-order valence-corrected chi connectivity index (χ1v) is 8.84. The van der Waals surface area contributed by atoms with E-state index in [-0.39, 0.29) is 12.3 Å². The van der Waals surface area contributed by atoms with Gasteiger partial charge >= 0.3 is 5.97 Å². The number of para-hydroxylation sites is 1. The molecule has 136 valence electrons. The van der Waals surface area contributed by atoms with E-state index in [1.807, 2.05) is 0 Å². The summed E-state index contributed by atoms with van der Waals surface area (Å²) in [6.07, 6.45) is 6.13. The summed E-state index contributed by atoms with van der Waals surface area (Å²) in [7, 11) is 0. The van der Waals surface area contributed by atoms with Crippen LogP contribution in [0.25, 0.3) is 0 Å². The minimum absolute atomic E-state index is 0.235. The van der Waals surface area contributed by atoms with Crippen molar-refractivity contribution in [2.45, 2.75) is 38.6 Å². The number of hydrogen-bond acceptors (Lipinski definition) is 6. The van der Waals surface area contributed by atoms with Gasteiger partial charge in [-0.25, -0.2) is 14.8 Å². The molecule has 0 spiro atoms. The van der Waals surface area contributed by atoms with E-state index in [1.54, 1.807) is 43.5 Å². The molecule has 0 atom stereocenters. The second-order valence-corrected chi connectivity index (χ2v) is 6.11. The lowest BCUT2D eigenvalue weighted by molar-refractivity contribution is 0.0527. The van der Waals surface area contributed by atoms with Gasteiger partial charge in [0.1, 0.15) is 5.69 Å². The first-order valence-electron chi connectivity index (χ1n) is 8.84. The Balaban J connectivity index is 1.73. The van der Waals surface area contributed by atoms with Crippen LogP contribution in [0.1, 0.15) is 53.5 Å². The maximum Gasteiger partial charge on any atom is 0.340 e. The SMILES string of the molecule is CCOC(=O)c1ccccc1NC(=O)c1ccnc(NC2CCCC2)n1. The third kappa shape index (κ3) is 4.36. The number of nitrogens with one attached hydrogen (secondary N) is 2. The zero-order chi connectivity index (χ0) is 18.4. The van der Waals surface area contributed by atoms with E-state index in [1.165, 1.54) is 12.8 Å². The van der Waals surface area contributed by atoms with E-state index in [2.05, 4.69) is 20.6 Å². The summed E-state index contributed by atoms with van der Waals surface area (Å²) in [6.45, 7) is 2.00. The normalized spacial score (nSPS) is 14.0. The quantitative estimate of drug-likeness (QED) is 0.774. The van der Waals surface area contributed by atoms with Crippen molar-refractivity contribution in [1.82, 2.24) is 9.97 Å². The zero-order valence-corrected chi connectivity index (χ0v) is 14.7. The second-order valence-electron chi connectivity index (χ2n) is 6.11. The Hall–Kier alpha value is -2.96. The molecule has 1 amide bonds. The molecule has 1 saturated carbocycles. The maximum atomic E-state index is 12.6. The van der Waals surface area contributed by atoms with Crippen LogP contribution in [0.5, 0.6) is 0 Å². The zero-order valence-electron chi connectivity index (χ0n) is 14.7. The maximum absolute atomic E-state index is 12.6. The standard InChI is InChI=1S/C19H22N4O3/c1-2-26-18(25)14-9-5-6-10-15(14)22-17(24)16-11-12-20-19(23-16)21-13-7-3-4-8-13/h5-6,9-13H,2-4,7-8H2,1H3,(H,22,24)(H,20,21,23). The van der Waals surface area contributed by atoms with Crippen molar-refractivity contribution in [1.29, 1.82) is 0 Å². The van der Waals surface area contributed by atoms with Gasteiger partial charge in [-0.15, -0.1) is 0 Å². The van der Waals surface area contributed by atoms with Gasteiger partial charge in [0.2, 0.25) is 5.95 Å².